The molecule has 3 fully saturated rings. The minimum absolute atomic E-state index is 0.334. The molecule has 0 aromatic carbocycles. The summed E-state index contributed by atoms with van der Waals surface area (Å²) in [4.78, 5) is 0. The molecular weight excluding hydrogens is 283 g/mol. The van der Waals surface area contributed by atoms with Crippen molar-refractivity contribution >= 4 is 7.92 Å². The van der Waals surface area contributed by atoms with Crippen molar-refractivity contribution in [2.45, 2.75) is 133 Å². The summed E-state index contributed by atoms with van der Waals surface area (Å²) in [6.07, 6.45) is 28.2. The Labute approximate surface area is 141 Å². The molecule has 0 unspecified atom stereocenters. The summed E-state index contributed by atoms with van der Waals surface area (Å²) in [6, 6.07) is 0. The molecule has 0 aliphatic heterocycles. The van der Waals surface area contributed by atoms with E-state index in [1.54, 1.807) is 77.0 Å². The third kappa shape index (κ3) is 4.96. The number of rotatable bonds is 3. The van der Waals surface area contributed by atoms with Gasteiger partial charge in [0.05, 0.1) is 0 Å². The Morgan fingerprint density at radius 2 is 0.545 bits per heavy atom. The maximum atomic E-state index is 1.61. The number of hydrogen-bond donors (Lipinski definition) is 0. The van der Waals surface area contributed by atoms with Crippen molar-refractivity contribution in [2.75, 3.05) is 0 Å². The van der Waals surface area contributed by atoms with Crippen LogP contribution in [-0.4, -0.2) is 17.0 Å². The Morgan fingerprint density at radius 1 is 0.318 bits per heavy atom. The van der Waals surface area contributed by atoms with Crippen LogP contribution in [0.1, 0.15) is 116 Å². The molecule has 0 bridgehead atoms. The summed E-state index contributed by atoms with van der Waals surface area (Å²) in [7, 11) is 0.334. The molecule has 0 heterocycles. The molecule has 0 atom stereocenters. The molecule has 3 aliphatic carbocycles. The fourth-order valence-corrected chi connectivity index (χ4v) is 10.2. The van der Waals surface area contributed by atoms with Crippen molar-refractivity contribution < 1.29 is 0 Å². The molecule has 0 amide bonds. The normalized spacial score (nSPS) is 28.2. The zero-order chi connectivity index (χ0) is 15.0. The molecular formula is C21H39P. The number of hydrogen-bond acceptors (Lipinski definition) is 0. The Bertz CT molecular complexity index is 229. The quantitative estimate of drug-likeness (QED) is 0.370. The van der Waals surface area contributed by atoms with Gasteiger partial charge in [-0.2, -0.15) is 0 Å². The topological polar surface area (TPSA) is 0 Å². The summed E-state index contributed by atoms with van der Waals surface area (Å²) in [5.41, 5.74) is 3.51. The molecule has 0 aromatic heterocycles. The molecule has 3 aliphatic rings. The fraction of sp³-hybridized carbons (Fsp3) is 1.00. The predicted octanol–water partition coefficient (Wildman–Crippen LogP) is 7.64. The predicted molar refractivity (Wildman–Crippen MR) is 101 cm³/mol. The molecule has 128 valence electrons. The van der Waals surface area contributed by atoms with Crippen molar-refractivity contribution in [1.82, 2.24) is 0 Å². The van der Waals surface area contributed by atoms with Gasteiger partial charge in [0, 0.05) is 0 Å². The van der Waals surface area contributed by atoms with Gasteiger partial charge in [0.15, 0.2) is 0 Å². The van der Waals surface area contributed by atoms with E-state index in [-0.39, 0.29) is 0 Å². The van der Waals surface area contributed by atoms with Crippen molar-refractivity contribution in [3.63, 3.8) is 0 Å². The van der Waals surface area contributed by atoms with E-state index in [2.05, 4.69) is 0 Å². The summed E-state index contributed by atoms with van der Waals surface area (Å²) in [5, 5.41) is 0. The fourth-order valence-electron chi connectivity index (χ4n) is 5.56. The van der Waals surface area contributed by atoms with Crippen LogP contribution in [0.15, 0.2) is 0 Å². The van der Waals surface area contributed by atoms with Crippen molar-refractivity contribution in [1.29, 1.82) is 0 Å². The molecule has 1 heteroatoms. The van der Waals surface area contributed by atoms with Crippen LogP contribution in [0.2, 0.25) is 0 Å². The van der Waals surface area contributed by atoms with E-state index in [1.165, 1.54) is 55.5 Å². The Morgan fingerprint density at radius 3 is 0.773 bits per heavy atom. The average Bonchev–Trinajstić information content (AvgIpc) is 3.04. The van der Waals surface area contributed by atoms with Crippen LogP contribution in [0.3, 0.4) is 0 Å². The molecule has 0 spiro atoms. The lowest BCUT2D eigenvalue weighted by Gasteiger charge is -2.40. The molecule has 3 saturated carbocycles. The highest BCUT2D eigenvalue weighted by Gasteiger charge is 2.35. The van der Waals surface area contributed by atoms with Gasteiger partial charge in [0.2, 0.25) is 0 Å². The summed E-state index contributed by atoms with van der Waals surface area (Å²) in [6.45, 7) is 0. The molecule has 0 N–H and O–H groups in total. The van der Waals surface area contributed by atoms with Gasteiger partial charge in [0.1, 0.15) is 0 Å². The Balaban J connectivity index is 1.72. The smallest absolute Gasteiger partial charge is 0.0204 e. The molecule has 0 radical (unpaired) electrons. The summed E-state index contributed by atoms with van der Waals surface area (Å²) in [5.74, 6) is 0. The highest BCUT2D eigenvalue weighted by Crippen LogP contribution is 2.60. The summed E-state index contributed by atoms with van der Waals surface area (Å²) >= 11 is 0. The van der Waals surface area contributed by atoms with Gasteiger partial charge < -0.3 is 0 Å². The lowest BCUT2D eigenvalue weighted by Crippen LogP contribution is -2.23. The highest BCUT2D eigenvalue weighted by atomic mass is 31.1. The van der Waals surface area contributed by atoms with Crippen LogP contribution < -0.4 is 0 Å². The first-order valence-electron chi connectivity index (χ1n) is 10.7. The van der Waals surface area contributed by atoms with E-state index < -0.39 is 0 Å². The van der Waals surface area contributed by atoms with E-state index in [0.29, 0.717) is 7.92 Å². The first-order chi connectivity index (χ1) is 10.9. The molecule has 3 rings (SSSR count). The van der Waals surface area contributed by atoms with Crippen LogP contribution in [0.5, 0.6) is 0 Å². The van der Waals surface area contributed by atoms with Gasteiger partial charge in [-0.15, -0.1) is 0 Å². The zero-order valence-electron chi connectivity index (χ0n) is 14.9. The van der Waals surface area contributed by atoms with Crippen LogP contribution in [0.4, 0.5) is 0 Å². The van der Waals surface area contributed by atoms with Crippen molar-refractivity contribution in [2.24, 2.45) is 0 Å². The van der Waals surface area contributed by atoms with Gasteiger partial charge in [-0.1, -0.05) is 85.0 Å². The molecule has 0 saturated heterocycles. The molecule has 0 aromatic rings. The second-order valence-corrected chi connectivity index (χ2v) is 11.5. The Kier molecular flexibility index (Phi) is 7.58. The standard InChI is InChI=1S/C21H39P/c1-2-8-14-19(13-7-1)22(20-15-9-3-4-10-16-20)21-17-11-5-6-12-18-21/h19-21H,1-18H2. The molecule has 0 nitrogen and oxygen atoms in total. The maximum absolute atomic E-state index is 1.61. The van der Waals surface area contributed by atoms with Gasteiger partial charge in [-0.25, -0.2) is 0 Å². The van der Waals surface area contributed by atoms with E-state index >= 15 is 0 Å². The highest BCUT2D eigenvalue weighted by molar-refractivity contribution is 7.59. The third-order valence-electron chi connectivity index (χ3n) is 6.74. The van der Waals surface area contributed by atoms with Gasteiger partial charge in [-0.3, -0.25) is 0 Å². The Hall–Kier alpha value is 0.430. The SMILES string of the molecule is C1CCCC(P(C2CCCCCC2)C2CCCCCC2)CC1. The largest absolute Gasteiger partial charge is 0.0971 e. The summed E-state index contributed by atoms with van der Waals surface area (Å²) < 4.78 is 0. The minimum Gasteiger partial charge on any atom is -0.0971 e. The average molecular weight is 323 g/mol. The minimum atomic E-state index is 0.334. The maximum Gasteiger partial charge on any atom is -0.0204 e. The van der Waals surface area contributed by atoms with Gasteiger partial charge >= 0.3 is 0 Å². The first kappa shape index (κ1) is 17.3. The zero-order valence-corrected chi connectivity index (χ0v) is 15.8. The van der Waals surface area contributed by atoms with Crippen LogP contribution in [-0.2, 0) is 0 Å². The van der Waals surface area contributed by atoms with E-state index in [4.69, 9.17) is 0 Å². The van der Waals surface area contributed by atoms with E-state index in [1.807, 2.05) is 0 Å². The second kappa shape index (κ2) is 9.66. The monoisotopic (exact) mass is 322 g/mol. The van der Waals surface area contributed by atoms with Crippen molar-refractivity contribution in [3.05, 3.63) is 0 Å². The van der Waals surface area contributed by atoms with Crippen LogP contribution in [0, 0.1) is 0 Å². The van der Waals surface area contributed by atoms with E-state index in [0.717, 1.165) is 0 Å². The first-order valence-corrected chi connectivity index (χ1v) is 12.3. The lowest BCUT2D eigenvalue weighted by atomic mass is 10.2. The van der Waals surface area contributed by atoms with E-state index in [9.17, 15) is 0 Å². The van der Waals surface area contributed by atoms with Crippen LogP contribution >= 0.6 is 7.92 Å². The lowest BCUT2D eigenvalue weighted by molar-refractivity contribution is 0.625. The molecule has 22 heavy (non-hydrogen) atoms. The second-order valence-electron chi connectivity index (χ2n) is 8.38. The van der Waals surface area contributed by atoms with Gasteiger partial charge in [0.25, 0.3) is 0 Å². The van der Waals surface area contributed by atoms with Gasteiger partial charge in [-0.05, 0) is 55.5 Å². The van der Waals surface area contributed by atoms with Crippen LogP contribution in [0.25, 0.3) is 0 Å². The third-order valence-corrected chi connectivity index (χ3v) is 10.8. The van der Waals surface area contributed by atoms with Crippen molar-refractivity contribution in [3.8, 4) is 0 Å².